The Morgan fingerprint density at radius 2 is 1.67 bits per heavy atom. The molecule has 24 heavy (non-hydrogen) atoms. The molecule has 0 radical (unpaired) electrons. The van der Waals surface area contributed by atoms with Gasteiger partial charge in [0, 0.05) is 32.4 Å². The standard InChI is InChI=1S/C19H33NO4/c1-14(21)23-11-16-6-7-18(10-17(16)12-24-15(2)22)20-9-5-8-19(3,4)13-20/h16-18H,5-13H2,1-4H3/t16-,17+,18?/m0/s1. The molecule has 0 spiro atoms. The van der Waals surface area contributed by atoms with Crippen LogP contribution in [0.4, 0.5) is 0 Å². The fourth-order valence-corrected chi connectivity index (χ4v) is 4.29. The summed E-state index contributed by atoms with van der Waals surface area (Å²) >= 11 is 0. The lowest BCUT2D eigenvalue weighted by atomic mass is 9.75. The van der Waals surface area contributed by atoms with E-state index in [1.165, 1.54) is 33.2 Å². The lowest BCUT2D eigenvalue weighted by Gasteiger charge is -2.46. The quantitative estimate of drug-likeness (QED) is 0.721. The lowest BCUT2D eigenvalue weighted by Crippen LogP contribution is -2.49. The first-order chi connectivity index (χ1) is 11.3. The summed E-state index contributed by atoms with van der Waals surface area (Å²) in [5, 5.41) is 0. The van der Waals surface area contributed by atoms with E-state index >= 15 is 0 Å². The van der Waals surface area contributed by atoms with Crippen molar-refractivity contribution in [2.24, 2.45) is 17.3 Å². The van der Waals surface area contributed by atoms with Crippen molar-refractivity contribution in [2.45, 2.75) is 65.8 Å². The topological polar surface area (TPSA) is 55.8 Å². The molecule has 1 heterocycles. The number of hydrogen-bond acceptors (Lipinski definition) is 5. The number of esters is 2. The highest BCUT2D eigenvalue weighted by Gasteiger charge is 2.37. The number of hydrogen-bond donors (Lipinski definition) is 0. The van der Waals surface area contributed by atoms with Gasteiger partial charge in [0.25, 0.3) is 0 Å². The summed E-state index contributed by atoms with van der Waals surface area (Å²) in [6.45, 7) is 10.8. The molecule has 0 bridgehead atoms. The van der Waals surface area contributed by atoms with Crippen LogP contribution in [0.15, 0.2) is 0 Å². The van der Waals surface area contributed by atoms with Gasteiger partial charge in [-0.15, -0.1) is 0 Å². The van der Waals surface area contributed by atoms with Gasteiger partial charge in [0.05, 0.1) is 13.2 Å². The van der Waals surface area contributed by atoms with E-state index < -0.39 is 0 Å². The molecule has 1 unspecified atom stereocenters. The van der Waals surface area contributed by atoms with Gasteiger partial charge in [-0.3, -0.25) is 14.5 Å². The minimum Gasteiger partial charge on any atom is -0.466 e. The molecule has 5 heteroatoms. The van der Waals surface area contributed by atoms with E-state index in [4.69, 9.17) is 9.47 Å². The van der Waals surface area contributed by atoms with Crippen molar-refractivity contribution in [1.29, 1.82) is 0 Å². The number of rotatable bonds is 5. The largest absolute Gasteiger partial charge is 0.466 e. The van der Waals surface area contributed by atoms with Crippen molar-refractivity contribution < 1.29 is 19.1 Å². The predicted molar refractivity (Wildman–Crippen MR) is 92.5 cm³/mol. The van der Waals surface area contributed by atoms with Crippen LogP contribution in [0, 0.1) is 17.3 Å². The first kappa shape index (κ1) is 19.2. The number of carbonyl (C=O) groups excluding carboxylic acids is 2. The molecule has 1 aliphatic carbocycles. The van der Waals surface area contributed by atoms with E-state index in [9.17, 15) is 9.59 Å². The van der Waals surface area contributed by atoms with E-state index in [0.717, 1.165) is 25.8 Å². The minimum atomic E-state index is -0.235. The van der Waals surface area contributed by atoms with Crippen LogP contribution in [0.1, 0.15) is 59.8 Å². The molecule has 3 atom stereocenters. The number of nitrogens with zero attached hydrogens (tertiary/aromatic N) is 1. The van der Waals surface area contributed by atoms with Gasteiger partial charge in [0.1, 0.15) is 0 Å². The summed E-state index contributed by atoms with van der Waals surface area (Å²) in [6.07, 6.45) is 5.74. The van der Waals surface area contributed by atoms with Crippen molar-refractivity contribution in [3.8, 4) is 0 Å². The Morgan fingerprint density at radius 1 is 1.04 bits per heavy atom. The number of likely N-dealkylation sites (tertiary alicyclic amines) is 1. The maximum absolute atomic E-state index is 11.2. The molecule has 138 valence electrons. The first-order valence-electron chi connectivity index (χ1n) is 9.27. The highest BCUT2D eigenvalue weighted by atomic mass is 16.5. The highest BCUT2D eigenvalue weighted by molar-refractivity contribution is 5.66. The van der Waals surface area contributed by atoms with Gasteiger partial charge in [-0.1, -0.05) is 13.8 Å². The SMILES string of the molecule is CC(=O)OC[C@@H]1CCC(N2CCCC(C)(C)C2)C[C@@H]1COC(C)=O. The van der Waals surface area contributed by atoms with E-state index in [1.807, 2.05) is 0 Å². The number of ether oxygens (including phenoxy) is 2. The molecule has 1 aliphatic heterocycles. The highest BCUT2D eigenvalue weighted by Crippen LogP contribution is 2.37. The molecule has 0 aromatic carbocycles. The molecular formula is C19H33NO4. The third-order valence-electron chi connectivity index (χ3n) is 5.56. The number of piperidine rings is 1. The molecule has 2 aliphatic rings. The van der Waals surface area contributed by atoms with Gasteiger partial charge >= 0.3 is 11.9 Å². The molecule has 0 N–H and O–H groups in total. The van der Waals surface area contributed by atoms with Gasteiger partial charge in [-0.2, -0.15) is 0 Å². The Morgan fingerprint density at radius 3 is 2.25 bits per heavy atom. The fraction of sp³-hybridized carbons (Fsp3) is 0.895. The molecule has 1 saturated heterocycles. The van der Waals surface area contributed by atoms with Crippen molar-refractivity contribution in [3.05, 3.63) is 0 Å². The summed E-state index contributed by atoms with van der Waals surface area (Å²) in [5.41, 5.74) is 0.387. The second-order valence-corrected chi connectivity index (χ2v) is 8.33. The van der Waals surface area contributed by atoms with Crippen LogP contribution < -0.4 is 0 Å². The summed E-state index contributed by atoms with van der Waals surface area (Å²) in [5.74, 6) is 0.0999. The number of carbonyl (C=O) groups is 2. The Hall–Kier alpha value is -1.10. The summed E-state index contributed by atoms with van der Waals surface area (Å²) in [4.78, 5) is 25.0. The first-order valence-corrected chi connectivity index (χ1v) is 9.27. The minimum absolute atomic E-state index is 0.234. The van der Waals surface area contributed by atoms with Crippen molar-refractivity contribution in [2.75, 3.05) is 26.3 Å². The molecular weight excluding hydrogens is 306 g/mol. The predicted octanol–water partition coefficient (Wildman–Crippen LogP) is 3.02. The van der Waals surface area contributed by atoms with Crippen LogP contribution in [0.2, 0.25) is 0 Å². The summed E-state index contributed by atoms with van der Waals surface area (Å²) in [6, 6.07) is 0.554. The Kier molecular flexibility index (Phi) is 6.67. The van der Waals surface area contributed by atoms with Crippen LogP contribution in [-0.4, -0.2) is 49.2 Å². The molecule has 5 nitrogen and oxygen atoms in total. The molecule has 0 amide bonds. The maximum Gasteiger partial charge on any atom is 0.302 e. The Bertz CT molecular complexity index is 449. The van der Waals surface area contributed by atoms with Gasteiger partial charge < -0.3 is 9.47 Å². The molecule has 0 aromatic heterocycles. The van der Waals surface area contributed by atoms with Gasteiger partial charge in [-0.05, 0) is 50.0 Å². The molecule has 2 rings (SSSR count). The molecule has 0 aromatic rings. The third kappa shape index (κ3) is 5.76. The monoisotopic (exact) mass is 339 g/mol. The van der Waals surface area contributed by atoms with Gasteiger partial charge in [0.15, 0.2) is 0 Å². The van der Waals surface area contributed by atoms with Gasteiger partial charge in [0.2, 0.25) is 0 Å². The zero-order valence-corrected chi connectivity index (χ0v) is 15.7. The van der Waals surface area contributed by atoms with E-state index in [0.29, 0.717) is 30.6 Å². The van der Waals surface area contributed by atoms with Crippen molar-refractivity contribution >= 4 is 11.9 Å². The second-order valence-electron chi connectivity index (χ2n) is 8.33. The Balaban J connectivity index is 1.96. The second kappa shape index (κ2) is 8.32. The van der Waals surface area contributed by atoms with Crippen molar-refractivity contribution in [3.63, 3.8) is 0 Å². The average molecular weight is 339 g/mol. The smallest absolute Gasteiger partial charge is 0.302 e. The fourth-order valence-electron chi connectivity index (χ4n) is 4.29. The molecule has 1 saturated carbocycles. The van der Waals surface area contributed by atoms with Crippen LogP contribution in [0.25, 0.3) is 0 Å². The third-order valence-corrected chi connectivity index (χ3v) is 5.56. The van der Waals surface area contributed by atoms with E-state index in [1.54, 1.807) is 0 Å². The lowest BCUT2D eigenvalue weighted by molar-refractivity contribution is -0.148. The summed E-state index contributed by atoms with van der Waals surface area (Å²) < 4.78 is 10.5. The zero-order chi connectivity index (χ0) is 17.7. The maximum atomic E-state index is 11.2. The van der Waals surface area contributed by atoms with Crippen LogP contribution in [0.5, 0.6) is 0 Å². The average Bonchev–Trinajstić information content (AvgIpc) is 2.50. The van der Waals surface area contributed by atoms with Crippen molar-refractivity contribution in [1.82, 2.24) is 4.90 Å². The summed E-state index contributed by atoms with van der Waals surface area (Å²) in [7, 11) is 0. The van der Waals surface area contributed by atoms with E-state index in [-0.39, 0.29) is 17.9 Å². The molecule has 2 fully saturated rings. The van der Waals surface area contributed by atoms with Crippen LogP contribution in [0.3, 0.4) is 0 Å². The Labute approximate surface area is 146 Å². The zero-order valence-electron chi connectivity index (χ0n) is 15.7. The van der Waals surface area contributed by atoms with Gasteiger partial charge in [-0.25, -0.2) is 0 Å². The normalized spacial score (nSPS) is 30.6. The van der Waals surface area contributed by atoms with E-state index in [2.05, 4.69) is 18.7 Å². The van der Waals surface area contributed by atoms with Crippen LogP contribution >= 0.6 is 0 Å². The van der Waals surface area contributed by atoms with Crippen LogP contribution in [-0.2, 0) is 19.1 Å².